The first-order valence-corrected chi connectivity index (χ1v) is 5.78. The number of carbonyl (C=O) groups is 2. The Morgan fingerprint density at radius 1 is 1.35 bits per heavy atom. The molecule has 1 saturated carbocycles. The average Bonchev–Trinajstić information content (AvgIpc) is 3.09. The second-order valence-corrected chi connectivity index (χ2v) is 4.27. The number of rotatable bonds is 7. The summed E-state index contributed by atoms with van der Waals surface area (Å²) in [4.78, 5) is 25.8. The van der Waals surface area contributed by atoms with Crippen LogP contribution >= 0.6 is 0 Å². The van der Waals surface area contributed by atoms with Crippen LogP contribution in [0.3, 0.4) is 0 Å². The van der Waals surface area contributed by atoms with Crippen molar-refractivity contribution in [3.63, 3.8) is 0 Å². The number of nitrogens with zero attached hydrogens (tertiary/aromatic N) is 2. The molecule has 1 aliphatic rings. The van der Waals surface area contributed by atoms with Crippen molar-refractivity contribution in [1.29, 1.82) is 0 Å². The van der Waals surface area contributed by atoms with Gasteiger partial charge in [0.25, 0.3) is 0 Å². The predicted molar refractivity (Wildman–Crippen MR) is 61.9 cm³/mol. The molecule has 0 radical (unpaired) electrons. The van der Waals surface area contributed by atoms with Crippen molar-refractivity contribution in [2.24, 2.45) is 0 Å². The van der Waals surface area contributed by atoms with E-state index in [2.05, 4.69) is 0 Å². The molecule has 1 aliphatic carbocycles. The molecule has 98 valence electrons. The fourth-order valence-electron chi connectivity index (χ4n) is 1.58. The molecular weight excluding hydrogens is 224 g/mol. The molecule has 0 aliphatic heterocycles. The van der Waals surface area contributed by atoms with Crippen LogP contribution < -0.4 is 0 Å². The van der Waals surface area contributed by atoms with E-state index in [-0.39, 0.29) is 25.0 Å². The van der Waals surface area contributed by atoms with Gasteiger partial charge >= 0.3 is 12.0 Å². The lowest BCUT2D eigenvalue weighted by Gasteiger charge is -2.27. The molecule has 6 heteroatoms. The van der Waals surface area contributed by atoms with Gasteiger partial charge in [-0.3, -0.25) is 4.79 Å². The van der Waals surface area contributed by atoms with Crippen LogP contribution in [0.5, 0.6) is 0 Å². The van der Waals surface area contributed by atoms with Crippen molar-refractivity contribution < 1.29 is 19.4 Å². The summed E-state index contributed by atoms with van der Waals surface area (Å²) in [6, 6.07) is 0.123. The second kappa shape index (κ2) is 6.44. The number of likely N-dealkylation sites (N-methyl/N-ethyl adjacent to an activating group) is 1. The van der Waals surface area contributed by atoms with Gasteiger partial charge in [-0.15, -0.1) is 0 Å². The highest BCUT2D eigenvalue weighted by atomic mass is 16.5. The molecular formula is C11H20N2O4. The van der Waals surface area contributed by atoms with Gasteiger partial charge in [0, 0.05) is 33.3 Å². The first-order chi connectivity index (χ1) is 8.06. The molecule has 2 amide bonds. The Morgan fingerprint density at radius 2 is 2.00 bits per heavy atom. The van der Waals surface area contributed by atoms with Crippen LogP contribution in [0.25, 0.3) is 0 Å². The number of methoxy groups -OCH3 is 1. The standard InChI is InChI=1S/C11H20N2O4/c1-12(7-8-17-2)11(16)13(9-3-4-9)6-5-10(14)15/h9H,3-8H2,1-2H3,(H,14,15). The largest absolute Gasteiger partial charge is 0.481 e. The van der Waals surface area contributed by atoms with Crippen molar-refractivity contribution in [1.82, 2.24) is 9.80 Å². The smallest absolute Gasteiger partial charge is 0.320 e. The zero-order chi connectivity index (χ0) is 12.8. The number of ether oxygens (including phenoxy) is 1. The lowest BCUT2D eigenvalue weighted by molar-refractivity contribution is -0.137. The quantitative estimate of drug-likeness (QED) is 0.713. The summed E-state index contributed by atoms with van der Waals surface area (Å²) in [5.41, 5.74) is 0. The molecule has 0 aromatic heterocycles. The van der Waals surface area contributed by atoms with Gasteiger partial charge in [-0.1, -0.05) is 0 Å². The zero-order valence-electron chi connectivity index (χ0n) is 10.4. The summed E-state index contributed by atoms with van der Waals surface area (Å²) in [6.07, 6.45) is 1.95. The molecule has 0 unspecified atom stereocenters. The topological polar surface area (TPSA) is 70.1 Å². The summed E-state index contributed by atoms with van der Waals surface area (Å²) < 4.78 is 4.91. The molecule has 6 nitrogen and oxygen atoms in total. The lowest BCUT2D eigenvalue weighted by Crippen LogP contribution is -2.44. The second-order valence-electron chi connectivity index (χ2n) is 4.27. The van der Waals surface area contributed by atoms with E-state index in [0.717, 1.165) is 12.8 Å². The average molecular weight is 244 g/mol. The molecule has 1 rings (SSSR count). The van der Waals surface area contributed by atoms with Gasteiger partial charge in [-0.2, -0.15) is 0 Å². The zero-order valence-corrected chi connectivity index (χ0v) is 10.4. The maximum atomic E-state index is 12.0. The van der Waals surface area contributed by atoms with Gasteiger partial charge in [-0.25, -0.2) is 4.79 Å². The Morgan fingerprint density at radius 3 is 2.47 bits per heavy atom. The summed E-state index contributed by atoms with van der Waals surface area (Å²) in [5, 5.41) is 8.65. The molecule has 1 N–H and O–H groups in total. The van der Waals surface area contributed by atoms with E-state index in [1.54, 1.807) is 24.0 Å². The third kappa shape index (κ3) is 4.60. The molecule has 0 atom stereocenters. The van der Waals surface area contributed by atoms with E-state index >= 15 is 0 Å². The maximum absolute atomic E-state index is 12.0. The molecule has 0 bridgehead atoms. The molecule has 0 spiro atoms. The number of urea groups is 1. The van der Waals surface area contributed by atoms with Crippen LogP contribution in [0.2, 0.25) is 0 Å². The van der Waals surface area contributed by atoms with E-state index in [1.807, 2.05) is 0 Å². The van der Waals surface area contributed by atoms with Gasteiger partial charge in [0.2, 0.25) is 0 Å². The normalized spacial score (nSPS) is 14.5. The highest BCUT2D eigenvalue weighted by Gasteiger charge is 2.33. The van der Waals surface area contributed by atoms with Gasteiger partial charge in [0.15, 0.2) is 0 Å². The molecule has 0 aromatic rings. The maximum Gasteiger partial charge on any atom is 0.320 e. The fraction of sp³-hybridized carbons (Fsp3) is 0.818. The summed E-state index contributed by atoms with van der Waals surface area (Å²) in [5.74, 6) is -0.872. The van der Waals surface area contributed by atoms with Crippen LogP contribution in [0, 0.1) is 0 Å². The van der Waals surface area contributed by atoms with Crippen molar-refractivity contribution in [3.8, 4) is 0 Å². The van der Waals surface area contributed by atoms with Gasteiger partial charge < -0.3 is 19.6 Å². The molecule has 1 fully saturated rings. The minimum Gasteiger partial charge on any atom is -0.481 e. The molecule has 0 aromatic carbocycles. The Bertz CT molecular complexity index is 279. The first kappa shape index (κ1) is 13.8. The Kier molecular flexibility index (Phi) is 5.21. The summed E-state index contributed by atoms with van der Waals surface area (Å²) >= 11 is 0. The monoisotopic (exact) mass is 244 g/mol. The number of hydrogen-bond acceptors (Lipinski definition) is 3. The van der Waals surface area contributed by atoms with Crippen molar-refractivity contribution >= 4 is 12.0 Å². The van der Waals surface area contributed by atoms with Crippen LogP contribution in [0.15, 0.2) is 0 Å². The number of hydrogen-bond donors (Lipinski definition) is 1. The van der Waals surface area contributed by atoms with E-state index in [9.17, 15) is 9.59 Å². The number of amides is 2. The first-order valence-electron chi connectivity index (χ1n) is 5.78. The lowest BCUT2D eigenvalue weighted by atomic mass is 10.3. The Hall–Kier alpha value is -1.30. The molecule has 0 saturated heterocycles. The summed E-state index contributed by atoms with van der Waals surface area (Å²) in [7, 11) is 3.29. The molecule has 0 heterocycles. The Balaban J connectivity index is 2.45. The minimum atomic E-state index is -0.872. The fourth-order valence-corrected chi connectivity index (χ4v) is 1.58. The highest BCUT2D eigenvalue weighted by Crippen LogP contribution is 2.27. The minimum absolute atomic E-state index is 0.000355. The van der Waals surface area contributed by atoms with E-state index < -0.39 is 5.97 Å². The number of carboxylic acids is 1. The van der Waals surface area contributed by atoms with Crippen molar-refractivity contribution in [2.45, 2.75) is 25.3 Å². The van der Waals surface area contributed by atoms with Crippen LogP contribution in [0.4, 0.5) is 4.79 Å². The van der Waals surface area contributed by atoms with Crippen molar-refractivity contribution in [3.05, 3.63) is 0 Å². The number of aliphatic carboxylic acids is 1. The van der Waals surface area contributed by atoms with E-state index in [1.165, 1.54) is 0 Å². The van der Waals surface area contributed by atoms with Gasteiger partial charge in [0.05, 0.1) is 13.0 Å². The van der Waals surface area contributed by atoms with Crippen LogP contribution in [0.1, 0.15) is 19.3 Å². The van der Waals surface area contributed by atoms with Gasteiger partial charge in [-0.05, 0) is 12.8 Å². The SMILES string of the molecule is COCCN(C)C(=O)N(CCC(=O)O)C1CC1. The third-order valence-electron chi connectivity index (χ3n) is 2.76. The van der Waals surface area contributed by atoms with Gasteiger partial charge in [0.1, 0.15) is 0 Å². The van der Waals surface area contributed by atoms with Crippen LogP contribution in [-0.2, 0) is 9.53 Å². The van der Waals surface area contributed by atoms with Crippen LogP contribution in [-0.4, -0.2) is 66.8 Å². The van der Waals surface area contributed by atoms with E-state index in [4.69, 9.17) is 9.84 Å². The predicted octanol–water partition coefficient (Wildman–Crippen LogP) is 0.624. The van der Waals surface area contributed by atoms with E-state index in [0.29, 0.717) is 13.2 Å². The molecule has 17 heavy (non-hydrogen) atoms. The highest BCUT2D eigenvalue weighted by molar-refractivity contribution is 5.76. The number of carbonyl (C=O) groups excluding carboxylic acids is 1. The van der Waals surface area contributed by atoms with Crippen molar-refractivity contribution in [2.75, 3.05) is 33.9 Å². The Labute approximate surface area is 101 Å². The summed E-state index contributed by atoms with van der Waals surface area (Å²) in [6.45, 7) is 1.29. The third-order valence-corrected chi connectivity index (χ3v) is 2.76. The number of carboxylic acid groups (broad SMARTS) is 1.